The van der Waals surface area contributed by atoms with Gasteiger partial charge < -0.3 is 10.4 Å². The monoisotopic (exact) mass is 223 g/mol. The number of nitrogens with two attached hydrogens (primary N) is 1. The SMILES string of the molecule is NN([O-])c1cccc2cc3ccccc3cc12. The maximum absolute atomic E-state index is 11.3. The van der Waals surface area contributed by atoms with Crippen molar-refractivity contribution >= 4 is 27.2 Å². The molecule has 0 aliphatic heterocycles. The van der Waals surface area contributed by atoms with Crippen LogP contribution in [0.3, 0.4) is 0 Å². The van der Waals surface area contributed by atoms with Gasteiger partial charge in [0.2, 0.25) is 0 Å². The van der Waals surface area contributed by atoms with Crippen molar-refractivity contribution in [2.45, 2.75) is 0 Å². The van der Waals surface area contributed by atoms with Gasteiger partial charge in [0, 0.05) is 11.1 Å². The molecule has 0 unspecified atom stereocenters. The van der Waals surface area contributed by atoms with E-state index >= 15 is 0 Å². The quantitative estimate of drug-likeness (QED) is 0.391. The number of hydrogen-bond acceptors (Lipinski definition) is 3. The Bertz CT molecular complexity index is 692. The van der Waals surface area contributed by atoms with E-state index in [1.54, 1.807) is 6.07 Å². The van der Waals surface area contributed by atoms with Crippen molar-refractivity contribution in [3.05, 3.63) is 59.8 Å². The van der Waals surface area contributed by atoms with Crippen LogP contribution in [0.1, 0.15) is 0 Å². The highest BCUT2D eigenvalue weighted by Gasteiger charge is 2.02. The van der Waals surface area contributed by atoms with E-state index in [1.165, 1.54) is 0 Å². The lowest BCUT2D eigenvalue weighted by Crippen LogP contribution is -2.22. The number of benzene rings is 3. The fourth-order valence-electron chi connectivity index (χ4n) is 2.14. The fourth-order valence-corrected chi connectivity index (χ4v) is 2.14. The lowest BCUT2D eigenvalue weighted by Gasteiger charge is -2.25. The number of fused-ring (bicyclic) bond motifs is 2. The van der Waals surface area contributed by atoms with E-state index in [4.69, 9.17) is 5.84 Å². The second-order valence-electron chi connectivity index (χ2n) is 4.02. The predicted octanol–water partition coefficient (Wildman–Crippen LogP) is 3.17. The molecular weight excluding hydrogens is 212 g/mol. The molecule has 0 aliphatic carbocycles. The van der Waals surface area contributed by atoms with E-state index in [0.29, 0.717) is 10.9 Å². The summed E-state index contributed by atoms with van der Waals surface area (Å²) >= 11 is 0. The van der Waals surface area contributed by atoms with Gasteiger partial charge in [-0.1, -0.05) is 36.4 Å². The lowest BCUT2D eigenvalue weighted by atomic mass is 10.0. The van der Waals surface area contributed by atoms with Crippen LogP contribution < -0.4 is 11.0 Å². The van der Waals surface area contributed by atoms with Crippen LogP contribution in [0.15, 0.2) is 54.6 Å². The Morgan fingerprint density at radius 3 is 2.18 bits per heavy atom. The Hall–Kier alpha value is -2.10. The number of hydrogen-bond donors (Lipinski definition) is 1. The molecule has 0 amide bonds. The van der Waals surface area contributed by atoms with Crippen LogP contribution in [-0.2, 0) is 0 Å². The van der Waals surface area contributed by atoms with Gasteiger partial charge >= 0.3 is 0 Å². The first-order valence-electron chi connectivity index (χ1n) is 5.39. The largest absolute Gasteiger partial charge is 0.743 e. The van der Waals surface area contributed by atoms with Crippen molar-refractivity contribution < 1.29 is 0 Å². The molecule has 0 atom stereocenters. The molecule has 0 aromatic heterocycles. The number of nitrogens with zero attached hydrogens (tertiary/aromatic N) is 1. The zero-order valence-electron chi connectivity index (χ0n) is 9.13. The van der Waals surface area contributed by atoms with E-state index in [2.05, 4.69) is 12.1 Å². The highest BCUT2D eigenvalue weighted by molar-refractivity contribution is 6.03. The zero-order valence-corrected chi connectivity index (χ0v) is 9.13. The maximum Gasteiger partial charge on any atom is 0.0482 e. The van der Waals surface area contributed by atoms with E-state index < -0.39 is 0 Å². The third-order valence-electron chi connectivity index (χ3n) is 2.96. The van der Waals surface area contributed by atoms with Crippen molar-refractivity contribution in [3.8, 4) is 0 Å². The molecule has 17 heavy (non-hydrogen) atoms. The molecule has 0 radical (unpaired) electrons. The van der Waals surface area contributed by atoms with Crippen molar-refractivity contribution in [3.63, 3.8) is 0 Å². The molecule has 3 heteroatoms. The molecule has 3 rings (SSSR count). The van der Waals surface area contributed by atoms with E-state index in [1.807, 2.05) is 36.4 Å². The van der Waals surface area contributed by atoms with Gasteiger partial charge in [0.15, 0.2) is 0 Å². The molecule has 0 aliphatic rings. The minimum atomic E-state index is 0.414. The standard InChI is InChI=1S/C14H11N2O/c15-16(17)14-7-3-6-12-8-10-4-1-2-5-11(10)9-13(12)14/h1-9H,15H2/q-1. The summed E-state index contributed by atoms with van der Waals surface area (Å²) in [6.45, 7) is 0. The van der Waals surface area contributed by atoms with Crippen LogP contribution in [-0.4, -0.2) is 0 Å². The molecular formula is C14H11N2O-. The summed E-state index contributed by atoms with van der Waals surface area (Å²) in [5.41, 5.74) is 0.494. The zero-order chi connectivity index (χ0) is 11.8. The molecule has 0 heterocycles. The Labute approximate surface area is 98.6 Å². The fraction of sp³-hybridized carbons (Fsp3) is 0. The minimum Gasteiger partial charge on any atom is -0.743 e. The van der Waals surface area contributed by atoms with Gasteiger partial charge in [0.1, 0.15) is 0 Å². The molecule has 2 N–H and O–H groups in total. The summed E-state index contributed by atoms with van der Waals surface area (Å²) < 4.78 is 0. The molecule has 0 saturated carbocycles. The number of rotatable bonds is 1. The van der Waals surface area contributed by atoms with Gasteiger partial charge in [-0.3, -0.25) is 5.84 Å². The summed E-state index contributed by atoms with van der Waals surface area (Å²) in [5, 5.41) is 15.9. The minimum absolute atomic E-state index is 0.414. The topological polar surface area (TPSA) is 52.3 Å². The van der Waals surface area contributed by atoms with Gasteiger partial charge in [-0.25, -0.2) is 0 Å². The van der Waals surface area contributed by atoms with Gasteiger partial charge in [-0.05, 0) is 34.4 Å². The first-order chi connectivity index (χ1) is 8.25. The Kier molecular flexibility index (Phi) is 2.21. The van der Waals surface area contributed by atoms with Gasteiger partial charge in [-0.2, -0.15) is 0 Å². The number of anilines is 1. The smallest absolute Gasteiger partial charge is 0.0482 e. The highest BCUT2D eigenvalue weighted by Crippen LogP contribution is 2.29. The summed E-state index contributed by atoms with van der Waals surface area (Å²) in [7, 11) is 0. The molecule has 0 bridgehead atoms. The van der Waals surface area contributed by atoms with Crippen LogP contribution in [0.4, 0.5) is 5.69 Å². The molecule has 3 aromatic rings. The van der Waals surface area contributed by atoms with Crippen molar-refractivity contribution in [2.24, 2.45) is 5.84 Å². The summed E-state index contributed by atoms with van der Waals surface area (Å²) in [4.78, 5) is 0. The number of hydrazine groups is 1. The molecule has 0 fully saturated rings. The Balaban J connectivity index is 2.43. The van der Waals surface area contributed by atoms with E-state index in [0.717, 1.165) is 21.5 Å². The predicted molar refractivity (Wildman–Crippen MR) is 71.5 cm³/mol. The van der Waals surface area contributed by atoms with Gasteiger partial charge in [0.05, 0.1) is 0 Å². The van der Waals surface area contributed by atoms with Gasteiger partial charge in [-0.15, -0.1) is 0 Å². The van der Waals surface area contributed by atoms with Crippen LogP contribution >= 0.6 is 0 Å². The molecule has 3 nitrogen and oxygen atoms in total. The molecule has 3 aromatic carbocycles. The van der Waals surface area contributed by atoms with Crippen LogP contribution in [0.2, 0.25) is 0 Å². The normalized spacial score (nSPS) is 10.9. The molecule has 0 spiro atoms. The summed E-state index contributed by atoms with van der Waals surface area (Å²) in [6, 6.07) is 17.7. The average Bonchev–Trinajstić information content (AvgIpc) is 2.35. The van der Waals surface area contributed by atoms with Gasteiger partial charge in [0.25, 0.3) is 0 Å². The third kappa shape index (κ3) is 1.62. The van der Waals surface area contributed by atoms with Crippen LogP contribution in [0.5, 0.6) is 0 Å². The average molecular weight is 223 g/mol. The van der Waals surface area contributed by atoms with Crippen molar-refractivity contribution in [1.29, 1.82) is 0 Å². The molecule has 0 saturated heterocycles. The van der Waals surface area contributed by atoms with E-state index in [9.17, 15) is 5.21 Å². The second-order valence-corrected chi connectivity index (χ2v) is 4.02. The van der Waals surface area contributed by atoms with Crippen LogP contribution in [0.25, 0.3) is 21.5 Å². The summed E-state index contributed by atoms with van der Waals surface area (Å²) in [5.74, 6) is 5.30. The highest BCUT2D eigenvalue weighted by atomic mass is 16.5. The van der Waals surface area contributed by atoms with E-state index in [-0.39, 0.29) is 0 Å². The molecule has 84 valence electrons. The van der Waals surface area contributed by atoms with Crippen molar-refractivity contribution in [2.75, 3.05) is 5.17 Å². The first-order valence-corrected chi connectivity index (χ1v) is 5.39. The second kappa shape index (κ2) is 3.73. The van der Waals surface area contributed by atoms with Crippen molar-refractivity contribution in [1.82, 2.24) is 0 Å². The Morgan fingerprint density at radius 1 is 0.824 bits per heavy atom. The first kappa shape index (κ1) is 10.1. The lowest BCUT2D eigenvalue weighted by molar-refractivity contribution is 1.10. The third-order valence-corrected chi connectivity index (χ3v) is 2.96. The Morgan fingerprint density at radius 2 is 1.47 bits per heavy atom. The summed E-state index contributed by atoms with van der Waals surface area (Å²) in [6.07, 6.45) is 0. The van der Waals surface area contributed by atoms with Crippen LogP contribution in [0, 0.1) is 5.21 Å². The maximum atomic E-state index is 11.3.